The lowest BCUT2D eigenvalue weighted by molar-refractivity contribution is -0.0999. The minimum atomic E-state index is 0.335. The van der Waals surface area contributed by atoms with Crippen molar-refractivity contribution in [3.8, 4) is 0 Å². The number of nitrogens with one attached hydrogen (secondary N) is 1. The van der Waals surface area contributed by atoms with E-state index >= 15 is 0 Å². The minimum absolute atomic E-state index is 0.335. The molecule has 0 amide bonds. The molecule has 0 aliphatic carbocycles. The van der Waals surface area contributed by atoms with Crippen molar-refractivity contribution in [1.82, 2.24) is 10.3 Å². The molecule has 2 rings (SSSR count). The first-order chi connectivity index (χ1) is 7.20. The largest absolute Gasteiger partial charge is 0.380 e. The highest BCUT2D eigenvalue weighted by Crippen LogP contribution is 2.26. The molecule has 3 nitrogen and oxygen atoms in total. The highest BCUT2D eigenvalue weighted by Gasteiger charge is 2.33. The van der Waals surface area contributed by atoms with Gasteiger partial charge >= 0.3 is 0 Å². The molecule has 15 heavy (non-hydrogen) atoms. The zero-order chi connectivity index (χ0) is 10.7. The van der Waals surface area contributed by atoms with Crippen molar-refractivity contribution in [3.05, 3.63) is 30.1 Å². The Morgan fingerprint density at radius 3 is 2.67 bits per heavy atom. The summed E-state index contributed by atoms with van der Waals surface area (Å²) in [6.45, 7) is 7.20. The first kappa shape index (κ1) is 10.6. The smallest absolute Gasteiger partial charge is 0.0554 e. The fourth-order valence-electron chi connectivity index (χ4n) is 1.72. The van der Waals surface area contributed by atoms with Gasteiger partial charge in [0, 0.05) is 30.4 Å². The molecule has 82 valence electrons. The monoisotopic (exact) mass is 206 g/mol. The van der Waals surface area contributed by atoms with Gasteiger partial charge in [0.2, 0.25) is 0 Å². The molecule has 0 bridgehead atoms. The Morgan fingerprint density at radius 2 is 2.13 bits per heavy atom. The maximum absolute atomic E-state index is 5.23. The molecule has 0 radical (unpaired) electrons. The average molecular weight is 206 g/mol. The van der Waals surface area contributed by atoms with E-state index in [1.807, 2.05) is 12.4 Å². The van der Waals surface area contributed by atoms with Crippen LogP contribution in [0.1, 0.15) is 25.5 Å². The molecule has 0 spiro atoms. The van der Waals surface area contributed by atoms with Crippen molar-refractivity contribution in [2.75, 3.05) is 19.8 Å². The molecule has 3 heteroatoms. The summed E-state index contributed by atoms with van der Waals surface area (Å²) in [5, 5.41) is 3.53. The van der Waals surface area contributed by atoms with E-state index in [2.05, 4.69) is 36.3 Å². The summed E-state index contributed by atoms with van der Waals surface area (Å²) in [5.41, 5.74) is 1.62. The Balaban J connectivity index is 1.85. The van der Waals surface area contributed by atoms with E-state index in [-0.39, 0.29) is 0 Å². The van der Waals surface area contributed by atoms with E-state index in [1.54, 1.807) is 0 Å². The number of hydrogen-bond acceptors (Lipinski definition) is 3. The minimum Gasteiger partial charge on any atom is -0.380 e. The third kappa shape index (κ3) is 2.55. The summed E-state index contributed by atoms with van der Waals surface area (Å²) < 4.78 is 5.23. The number of hydrogen-bond donors (Lipinski definition) is 1. The van der Waals surface area contributed by atoms with Gasteiger partial charge < -0.3 is 10.1 Å². The number of pyridine rings is 1. The number of aromatic nitrogens is 1. The van der Waals surface area contributed by atoms with Gasteiger partial charge in [-0.1, -0.05) is 6.92 Å². The Labute approximate surface area is 90.9 Å². The van der Waals surface area contributed by atoms with Crippen LogP contribution in [0.4, 0.5) is 0 Å². The van der Waals surface area contributed by atoms with Crippen molar-refractivity contribution >= 4 is 0 Å². The van der Waals surface area contributed by atoms with Crippen LogP contribution < -0.4 is 5.32 Å². The second-order valence-electron chi connectivity index (χ2n) is 4.69. The molecule has 2 heterocycles. The zero-order valence-corrected chi connectivity index (χ0v) is 9.36. The fraction of sp³-hybridized carbons (Fsp3) is 0.583. The molecule has 0 aromatic carbocycles. The molecule has 1 aliphatic heterocycles. The van der Waals surface area contributed by atoms with Crippen LogP contribution in [0, 0.1) is 5.41 Å². The van der Waals surface area contributed by atoms with E-state index in [0.29, 0.717) is 11.5 Å². The maximum Gasteiger partial charge on any atom is 0.0554 e. The maximum atomic E-state index is 5.23. The summed E-state index contributed by atoms with van der Waals surface area (Å²) in [5.74, 6) is 0. The summed E-state index contributed by atoms with van der Waals surface area (Å²) >= 11 is 0. The number of nitrogens with zero attached hydrogens (tertiary/aromatic N) is 1. The predicted molar refractivity (Wildman–Crippen MR) is 59.6 cm³/mol. The van der Waals surface area contributed by atoms with Gasteiger partial charge in [-0.15, -0.1) is 0 Å². The lowest BCUT2D eigenvalue weighted by atomic mass is 9.88. The normalized spacial score (nSPS) is 20.7. The first-order valence-corrected chi connectivity index (χ1v) is 5.41. The Bertz CT molecular complexity index is 309. The van der Waals surface area contributed by atoms with Crippen LogP contribution in [0.25, 0.3) is 0 Å². The number of rotatable bonds is 4. The van der Waals surface area contributed by atoms with E-state index in [0.717, 1.165) is 19.8 Å². The fourth-order valence-corrected chi connectivity index (χ4v) is 1.72. The summed E-state index contributed by atoms with van der Waals surface area (Å²) in [7, 11) is 0. The van der Waals surface area contributed by atoms with Crippen molar-refractivity contribution < 1.29 is 4.74 Å². The first-order valence-electron chi connectivity index (χ1n) is 5.41. The summed E-state index contributed by atoms with van der Waals surface area (Å²) in [6.07, 6.45) is 3.67. The van der Waals surface area contributed by atoms with Crippen LogP contribution in [0.5, 0.6) is 0 Å². The Kier molecular flexibility index (Phi) is 3.03. The van der Waals surface area contributed by atoms with Crippen molar-refractivity contribution in [2.24, 2.45) is 5.41 Å². The van der Waals surface area contributed by atoms with Gasteiger partial charge in [-0.2, -0.15) is 0 Å². The van der Waals surface area contributed by atoms with Crippen LogP contribution in [0.15, 0.2) is 24.5 Å². The van der Waals surface area contributed by atoms with Crippen molar-refractivity contribution in [2.45, 2.75) is 19.9 Å². The molecule has 1 aromatic heterocycles. The molecule has 1 saturated heterocycles. The van der Waals surface area contributed by atoms with Crippen LogP contribution in [-0.2, 0) is 4.74 Å². The summed E-state index contributed by atoms with van der Waals surface area (Å²) in [6, 6.07) is 4.49. The van der Waals surface area contributed by atoms with Crippen LogP contribution >= 0.6 is 0 Å². The van der Waals surface area contributed by atoms with E-state index < -0.39 is 0 Å². The second kappa shape index (κ2) is 4.29. The molecule has 1 aliphatic rings. The molecule has 0 saturated carbocycles. The second-order valence-corrected chi connectivity index (χ2v) is 4.69. The van der Waals surface area contributed by atoms with Crippen molar-refractivity contribution in [3.63, 3.8) is 0 Å². The molecule has 1 fully saturated rings. The topological polar surface area (TPSA) is 34.1 Å². The quantitative estimate of drug-likeness (QED) is 0.815. The highest BCUT2D eigenvalue weighted by atomic mass is 16.5. The molecule has 1 atom stereocenters. The zero-order valence-electron chi connectivity index (χ0n) is 9.36. The van der Waals surface area contributed by atoms with Gasteiger partial charge in [0.05, 0.1) is 13.2 Å². The van der Waals surface area contributed by atoms with Gasteiger partial charge in [0.25, 0.3) is 0 Å². The molecule has 0 unspecified atom stereocenters. The van der Waals surface area contributed by atoms with Gasteiger partial charge in [-0.05, 0) is 24.6 Å². The average Bonchev–Trinajstić information content (AvgIpc) is 2.24. The predicted octanol–water partition coefficient (Wildman–Crippen LogP) is 1.77. The molecule has 1 aromatic rings. The van der Waals surface area contributed by atoms with Crippen molar-refractivity contribution in [1.29, 1.82) is 0 Å². The van der Waals surface area contributed by atoms with Crippen LogP contribution in [-0.4, -0.2) is 24.7 Å². The Morgan fingerprint density at radius 1 is 1.47 bits per heavy atom. The summed E-state index contributed by atoms with van der Waals surface area (Å²) in [4.78, 5) is 4.02. The third-order valence-corrected chi connectivity index (χ3v) is 2.94. The Hall–Kier alpha value is -0.930. The lowest BCUT2D eigenvalue weighted by Crippen LogP contribution is -2.47. The molecular weight excluding hydrogens is 188 g/mol. The molecular formula is C12H18N2O. The lowest BCUT2D eigenvalue weighted by Gasteiger charge is -2.39. The highest BCUT2D eigenvalue weighted by molar-refractivity contribution is 5.14. The third-order valence-electron chi connectivity index (χ3n) is 2.94. The van der Waals surface area contributed by atoms with Gasteiger partial charge in [-0.25, -0.2) is 0 Å². The van der Waals surface area contributed by atoms with Gasteiger partial charge in [0.1, 0.15) is 0 Å². The molecule has 1 N–H and O–H groups in total. The van der Waals surface area contributed by atoms with E-state index in [9.17, 15) is 0 Å². The van der Waals surface area contributed by atoms with Crippen LogP contribution in [0.2, 0.25) is 0 Å². The van der Waals surface area contributed by atoms with Crippen LogP contribution in [0.3, 0.4) is 0 Å². The number of ether oxygens (including phenoxy) is 1. The standard InChI is InChI=1S/C12H18N2O/c1-10(11-3-5-13-6-4-11)14-7-12(2)8-15-9-12/h3-6,10,14H,7-9H2,1-2H3/t10-/m0/s1. The SMILES string of the molecule is C[C@H](NCC1(C)COC1)c1ccncc1. The van der Waals surface area contributed by atoms with E-state index in [4.69, 9.17) is 4.74 Å². The van der Waals surface area contributed by atoms with E-state index in [1.165, 1.54) is 5.56 Å². The van der Waals surface area contributed by atoms with Gasteiger partial charge in [0.15, 0.2) is 0 Å². The van der Waals surface area contributed by atoms with Gasteiger partial charge in [-0.3, -0.25) is 4.98 Å².